The maximum Gasteiger partial charge on any atom is 0.295 e. The minimum absolute atomic E-state index is 0.00589. The van der Waals surface area contributed by atoms with Gasteiger partial charge in [0.1, 0.15) is 11.6 Å². The van der Waals surface area contributed by atoms with Crippen LogP contribution in [0.25, 0.3) is 5.76 Å². The van der Waals surface area contributed by atoms with E-state index in [4.69, 9.17) is 4.74 Å². The van der Waals surface area contributed by atoms with Crippen molar-refractivity contribution in [3.05, 3.63) is 70.8 Å². The van der Waals surface area contributed by atoms with E-state index in [1.54, 1.807) is 34.0 Å². The summed E-state index contributed by atoms with van der Waals surface area (Å²) in [5, 5.41) is 11.0. The van der Waals surface area contributed by atoms with Crippen LogP contribution >= 0.6 is 0 Å². The number of halogens is 2. The topological polar surface area (TPSA) is 70.1 Å². The standard InChI is InChI=1S/C24H26F2N2O4/c1-14(2)32-19-10-9-15(13-18(19)26)22(29)20-21(16-7-5-6-8-17(16)25)28(12-11-27(3)4)24(31)23(20)30/h5-10,13-14,21,29H,11-12H2,1-4H3/b22-20+/t21-/m1/s1. The van der Waals surface area contributed by atoms with Gasteiger partial charge < -0.3 is 19.6 Å². The van der Waals surface area contributed by atoms with Gasteiger partial charge in [-0.15, -0.1) is 0 Å². The van der Waals surface area contributed by atoms with Crippen molar-refractivity contribution in [2.45, 2.75) is 26.0 Å². The molecule has 170 valence electrons. The molecule has 1 aliphatic rings. The molecule has 2 aromatic carbocycles. The zero-order valence-electron chi connectivity index (χ0n) is 18.4. The van der Waals surface area contributed by atoms with Gasteiger partial charge >= 0.3 is 0 Å². The van der Waals surface area contributed by atoms with Crippen molar-refractivity contribution in [1.29, 1.82) is 0 Å². The van der Waals surface area contributed by atoms with E-state index in [2.05, 4.69) is 0 Å². The van der Waals surface area contributed by atoms with Crippen molar-refractivity contribution in [3.8, 4) is 5.75 Å². The molecule has 6 nitrogen and oxygen atoms in total. The summed E-state index contributed by atoms with van der Waals surface area (Å²) in [6, 6.07) is 8.38. The Labute approximate surface area is 185 Å². The molecule has 0 aromatic heterocycles. The van der Waals surface area contributed by atoms with Crippen LogP contribution in [0.4, 0.5) is 8.78 Å². The van der Waals surface area contributed by atoms with E-state index in [1.807, 2.05) is 4.90 Å². The third-order valence-corrected chi connectivity index (χ3v) is 5.10. The van der Waals surface area contributed by atoms with Gasteiger partial charge in [-0.1, -0.05) is 18.2 Å². The second-order valence-electron chi connectivity index (χ2n) is 8.13. The lowest BCUT2D eigenvalue weighted by Gasteiger charge is -2.26. The molecule has 0 bridgehead atoms. The van der Waals surface area contributed by atoms with Crippen molar-refractivity contribution >= 4 is 17.4 Å². The summed E-state index contributed by atoms with van der Waals surface area (Å²) in [5.74, 6) is -3.72. The van der Waals surface area contributed by atoms with Gasteiger partial charge in [0.05, 0.1) is 17.7 Å². The van der Waals surface area contributed by atoms with E-state index in [-0.39, 0.29) is 35.1 Å². The zero-order chi connectivity index (χ0) is 23.6. The fraction of sp³-hybridized carbons (Fsp3) is 0.333. The summed E-state index contributed by atoms with van der Waals surface area (Å²) in [7, 11) is 3.61. The Balaban J connectivity index is 2.13. The summed E-state index contributed by atoms with van der Waals surface area (Å²) in [5.41, 5.74) is -0.214. The lowest BCUT2D eigenvalue weighted by atomic mass is 9.95. The number of rotatable bonds is 7. The maximum absolute atomic E-state index is 14.7. The number of nitrogens with zero attached hydrogens (tertiary/aromatic N) is 2. The van der Waals surface area contributed by atoms with Gasteiger partial charge in [-0.3, -0.25) is 9.59 Å². The molecule has 1 saturated heterocycles. The first-order valence-electron chi connectivity index (χ1n) is 10.3. The second kappa shape index (κ2) is 9.48. The Morgan fingerprint density at radius 2 is 1.81 bits per heavy atom. The molecule has 3 rings (SSSR count). The highest BCUT2D eigenvalue weighted by Gasteiger charge is 2.46. The molecule has 1 heterocycles. The molecule has 8 heteroatoms. The Morgan fingerprint density at radius 1 is 1.12 bits per heavy atom. The van der Waals surface area contributed by atoms with Gasteiger partial charge in [0.15, 0.2) is 11.6 Å². The minimum Gasteiger partial charge on any atom is -0.507 e. The predicted octanol–water partition coefficient (Wildman–Crippen LogP) is 3.74. The molecule has 0 aliphatic carbocycles. The molecule has 1 fully saturated rings. The number of benzene rings is 2. The lowest BCUT2D eigenvalue weighted by molar-refractivity contribution is -0.140. The van der Waals surface area contributed by atoms with Crippen molar-refractivity contribution < 1.29 is 28.2 Å². The Kier molecular flexibility index (Phi) is 6.93. The summed E-state index contributed by atoms with van der Waals surface area (Å²) >= 11 is 0. The maximum atomic E-state index is 14.7. The molecule has 0 radical (unpaired) electrons. The van der Waals surface area contributed by atoms with Crippen LogP contribution in [0.5, 0.6) is 5.75 Å². The first-order valence-corrected chi connectivity index (χ1v) is 10.3. The average Bonchev–Trinajstić information content (AvgIpc) is 2.97. The third kappa shape index (κ3) is 4.65. The average molecular weight is 444 g/mol. The van der Waals surface area contributed by atoms with Gasteiger partial charge in [-0.2, -0.15) is 0 Å². The number of amides is 1. The monoisotopic (exact) mass is 444 g/mol. The molecule has 1 amide bonds. The van der Waals surface area contributed by atoms with E-state index in [0.717, 1.165) is 6.07 Å². The normalized spacial score (nSPS) is 18.1. The molecule has 32 heavy (non-hydrogen) atoms. The van der Waals surface area contributed by atoms with Crippen LogP contribution in [0.15, 0.2) is 48.0 Å². The predicted molar refractivity (Wildman–Crippen MR) is 116 cm³/mol. The summed E-state index contributed by atoms with van der Waals surface area (Å²) in [6.45, 7) is 4.06. The molecule has 0 unspecified atom stereocenters. The van der Waals surface area contributed by atoms with Gasteiger partial charge in [-0.25, -0.2) is 8.78 Å². The van der Waals surface area contributed by atoms with Crippen LogP contribution in [-0.2, 0) is 9.59 Å². The number of carbonyl (C=O) groups excluding carboxylic acids is 2. The minimum atomic E-state index is -1.13. The van der Waals surface area contributed by atoms with Crippen LogP contribution in [0.1, 0.15) is 31.0 Å². The number of likely N-dealkylation sites (tertiary alicyclic amines) is 1. The van der Waals surface area contributed by atoms with E-state index < -0.39 is 35.1 Å². The number of hydrogen-bond donors (Lipinski definition) is 1. The van der Waals surface area contributed by atoms with E-state index >= 15 is 0 Å². The fourth-order valence-corrected chi connectivity index (χ4v) is 3.59. The summed E-state index contributed by atoms with van der Waals surface area (Å²) in [6.07, 6.45) is -0.257. The molecular weight excluding hydrogens is 418 g/mol. The zero-order valence-corrected chi connectivity index (χ0v) is 18.4. The quantitative estimate of drug-likeness (QED) is 0.400. The molecule has 0 spiro atoms. The number of likely N-dealkylation sites (N-methyl/N-ethyl adjacent to an activating group) is 1. The van der Waals surface area contributed by atoms with Gasteiger partial charge in [0.2, 0.25) is 0 Å². The SMILES string of the molecule is CC(C)Oc1ccc(/C(O)=C2\C(=O)C(=O)N(CCN(C)C)[C@@H]2c2ccccc2F)cc1F. The highest BCUT2D eigenvalue weighted by molar-refractivity contribution is 6.46. The Hall–Kier alpha value is -3.26. The van der Waals surface area contributed by atoms with Crippen molar-refractivity contribution in [1.82, 2.24) is 9.80 Å². The Bertz CT molecular complexity index is 1070. The number of aliphatic hydroxyl groups excluding tert-OH is 1. The van der Waals surface area contributed by atoms with E-state index in [9.17, 15) is 23.5 Å². The van der Waals surface area contributed by atoms with Crippen molar-refractivity contribution in [2.24, 2.45) is 0 Å². The highest BCUT2D eigenvalue weighted by Crippen LogP contribution is 2.40. The molecule has 0 saturated carbocycles. The van der Waals surface area contributed by atoms with E-state index in [1.165, 1.54) is 35.2 Å². The molecule has 1 atom stereocenters. The fourth-order valence-electron chi connectivity index (χ4n) is 3.59. The van der Waals surface area contributed by atoms with Crippen LogP contribution < -0.4 is 4.74 Å². The number of aliphatic hydroxyl groups is 1. The van der Waals surface area contributed by atoms with Gasteiger partial charge in [-0.05, 0) is 52.2 Å². The van der Waals surface area contributed by atoms with Crippen LogP contribution in [0.2, 0.25) is 0 Å². The van der Waals surface area contributed by atoms with Crippen LogP contribution in [0, 0.1) is 11.6 Å². The van der Waals surface area contributed by atoms with Crippen molar-refractivity contribution in [3.63, 3.8) is 0 Å². The van der Waals surface area contributed by atoms with Crippen LogP contribution in [-0.4, -0.2) is 59.9 Å². The van der Waals surface area contributed by atoms with Crippen LogP contribution in [0.3, 0.4) is 0 Å². The number of hydrogen-bond acceptors (Lipinski definition) is 5. The highest BCUT2D eigenvalue weighted by atomic mass is 19.1. The first-order chi connectivity index (χ1) is 15.1. The molecule has 1 aliphatic heterocycles. The van der Waals surface area contributed by atoms with Gasteiger partial charge in [0, 0.05) is 24.2 Å². The lowest BCUT2D eigenvalue weighted by Crippen LogP contribution is -2.35. The van der Waals surface area contributed by atoms with E-state index in [0.29, 0.717) is 6.54 Å². The molecular formula is C24H26F2N2O4. The Morgan fingerprint density at radius 3 is 2.41 bits per heavy atom. The molecule has 1 N–H and O–H groups in total. The largest absolute Gasteiger partial charge is 0.507 e. The second-order valence-corrected chi connectivity index (χ2v) is 8.13. The smallest absolute Gasteiger partial charge is 0.295 e. The van der Waals surface area contributed by atoms with Gasteiger partial charge in [0.25, 0.3) is 11.7 Å². The summed E-state index contributed by atoms with van der Waals surface area (Å²) < 4.78 is 34.6. The number of Topliss-reactive ketones (excluding diaryl/α,β-unsaturated/α-hetero) is 1. The number of ketones is 1. The number of ether oxygens (including phenoxy) is 1. The number of carbonyl (C=O) groups is 2. The molecule has 2 aromatic rings. The summed E-state index contributed by atoms with van der Waals surface area (Å²) in [4.78, 5) is 28.8. The third-order valence-electron chi connectivity index (χ3n) is 5.10. The first kappa shape index (κ1) is 23.4. The van der Waals surface area contributed by atoms with Crippen molar-refractivity contribution in [2.75, 3.05) is 27.2 Å².